The fourth-order valence-corrected chi connectivity index (χ4v) is 3.80. The molecule has 6 nitrogen and oxygen atoms in total. The number of benzene rings is 2. The standard InChI is InChI=1S/C23H18F3N5OS/c1-15-4-7-18(30-21(32)29-17-8-5-16(6-9-17)23(24,25)26)13-20(15)31(22-28-11-12-33-22)19-3-2-10-27-14-19/h2-14H,1H3,(H2,29,30,32). The summed E-state index contributed by atoms with van der Waals surface area (Å²) >= 11 is 1.46. The molecule has 2 N–H and O–H groups in total. The van der Waals surface area contributed by atoms with E-state index in [9.17, 15) is 18.0 Å². The molecule has 0 bridgehead atoms. The number of pyridine rings is 1. The summed E-state index contributed by atoms with van der Waals surface area (Å²) in [5, 5.41) is 7.87. The third-order valence-corrected chi connectivity index (χ3v) is 5.45. The van der Waals surface area contributed by atoms with Crippen LogP contribution in [0.3, 0.4) is 0 Å². The number of alkyl halides is 3. The molecule has 0 aliphatic heterocycles. The van der Waals surface area contributed by atoms with Crippen molar-refractivity contribution in [3.05, 3.63) is 89.7 Å². The van der Waals surface area contributed by atoms with Crippen LogP contribution in [0.2, 0.25) is 0 Å². The van der Waals surface area contributed by atoms with Crippen molar-refractivity contribution in [2.75, 3.05) is 15.5 Å². The first kappa shape index (κ1) is 22.3. The van der Waals surface area contributed by atoms with E-state index < -0.39 is 17.8 Å². The number of nitrogens with zero attached hydrogens (tertiary/aromatic N) is 3. The molecule has 2 aromatic carbocycles. The molecule has 0 atom stereocenters. The molecular formula is C23H18F3N5OS. The molecule has 4 aromatic rings. The van der Waals surface area contributed by atoms with Crippen LogP contribution in [-0.2, 0) is 6.18 Å². The molecule has 0 radical (unpaired) electrons. The molecule has 0 aliphatic carbocycles. The van der Waals surface area contributed by atoms with Crippen LogP contribution in [0.4, 0.5) is 45.8 Å². The number of aryl methyl sites for hydroxylation is 1. The molecule has 0 fully saturated rings. The van der Waals surface area contributed by atoms with Crippen molar-refractivity contribution in [1.82, 2.24) is 9.97 Å². The number of urea groups is 1. The number of nitrogens with one attached hydrogen (secondary N) is 2. The summed E-state index contributed by atoms with van der Waals surface area (Å²) in [4.78, 5) is 23.0. The van der Waals surface area contributed by atoms with Gasteiger partial charge in [-0.25, -0.2) is 9.78 Å². The summed E-state index contributed by atoms with van der Waals surface area (Å²) in [6.45, 7) is 1.94. The molecule has 0 unspecified atom stereocenters. The number of rotatable bonds is 5. The van der Waals surface area contributed by atoms with Crippen LogP contribution in [0.1, 0.15) is 11.1 Å². The zero-order valence-electron chi connectivity index (χ0n) is 17.3. The first-order valence-electron chi connectivity index (χ1n) is 9.77. The van der Waals surface area contributed by atoms with Gasteiger partial charge in [0.15, 0.2) is 5.13 Å². The average Bonchev–Trinajstić information content (AvgIpc) is 3.31. The van der Waals surface area contributed by atoms with E-state index in [4.69, 9.17) is 0 Å². The first-order valence-corrected chi connectivity index (χ1v) is 10.6. The summed E-state index contributed by atoms with van der Waals surface area (Å²) in [6.07, 6.45) is 0.674. The van der Waals surface area contributed by atoms with E-state index in [0.29, 0.717) is 5.69 Å². The van der Waals surface area contributed by atoms with Gasteiger partial charge in [0.25, 0.3) is 0 Å². The number of thiazole rings is 1. The van der Waals surface area contributed by atoms with Crippen molar-refractivity contribution in [2.45, 2.75) is 13.1 Å². The Morgan fingerprint density at radius 1 is 1.00 bits per heavy atom. The average molecular weight is 469 g/mol. The Morgan fingerprint density at radius 2 is 1.73 bits per heavy atom. The second-order valence-electron chi connectivity index (χ2n) is 7.02. The van der Waals surface area contributed by atoms with E-state index in [-0.39, 0.29) is 5.69 Å². The fourth-order valence-electron chi connectivity index (χ4n) is 3.13. The molecule has 0 saturated heterocycles. The second kappa shape index (κ2) is 9.29. The lowest BCUT2D eigenvalue weighted by Gasteiger charge is -2.24. The van der Waals surface area contributed by atoms with Gasteiger partial charge in [-0.2, -0.15) is 13.2 Å². The van der Waals surface area contributed by atoms with Gasteiger partial charge in [0.05, 0.1) is 23.1 Å². The van der Waals surface area contributed by atoms with Gasteiger partial charge >= 0.3 is 12.2 Å². The van der Waals surface area contributed by atoms with Crippen LogP contribution in [0.15, 0.2) is 78.6 Å². The third-order valence-electron chi connectivity index (χ3n) is 4.69. The third kappa shape index (κ3) is 5.29. The van der Waals surface area contributed by atoms with Crippen molar-refractivity contribution in [3.63, 3.8) is 0 Å². The zero-order valence-corrected chi connectivity index (χ0v) is 18.1. The molecule has 2 aromatic heterocycles. The lowest BCUT2D eigenvalue weighted by molar-refractivity contribution is -0.137. The topological polar surface area (TPSA) is 70.2 Å². The van der Waals surface area contributed by atoms with Gasteiger partial charge in [-0.05, 0) is 61.0 Å². The Balaban J connectivity index is 1.56. The van der Waals surface area contributed by atoms with Gasteiger partial charge in [-0.3, -0.25) is 9.88 Å². The quantitative estimate of drug-likeness (QED) is 0.331. The zero-order chi connectivity index (χ0) is 23.4. The highest BCUT2D eigenvalue weighted by atomic mass is 32.1. The van der Waals surface area contributed by atoms with Crippen LogP contribution in [0.25, 0.3) is 0 Å². The smallest absolute Gasteiger partial charge is 0.308 e. The molecule has 0 saturated carbocycles. The van der Waals surface area contributed by atoms with Crippen molar-refractivity contribution in [1.29, 1.82) is 0 Å². The number of anilines is 5. The number of hydrogen-bond acceptors (Lipinski definition) is 5. The lowest BCUT2D eigenvalue weighted by Crippen LogP contribution is -2.20. The van der Waals surface area contributed by atoms with Crippen LogP contribution in [0, 0.1) is 6.92 Å². The SMILES string of the molecule is Cc1ccc(NC(=O)Nc2ccc(C(F)(F)F)cc2)cc1N(c1cccnc1)c1nccs1. The van der Waals surface area contributed by atoms with Crippen molar-refractivity contribution < 1.29 is 18.0 Å². The number of aromatic nitrogens is 2. The molecule has 4 rings (SSSR count). The van der Waals surface area contributed by atoms with Crippen LogP contribution in [-0.4, -0.2) is 16.0 Å². The largest absolute Gasteiger partial charge is 0.416 e. The van der Waals surface area contributed by atoms with Gasteiger partial charge in [-0.1, -0.05) is 6.07 Å². The first-order chi connectivity index (χ1) is 15.8. The normalized spacial score (nSPS) is 11.2. The van der Waals surface area contributed by atoms with E-state index in [2.05, 4.69) is 20.6 Å². The van der Waals surface area contributed by atoms with Crippen LogP contribution < -0.4 is 15.5 Å². The number of carbonyl (C=O) groups excluding carboxylic acids is 1. The maximum atomic E-state index is 12.7. The molecular weight excluding hydrogens is 451 g/mol. The van der Waals surface area contributed by atoms with Gasteiger partial charge < -0.3 is 10.6 Å². The van der Waals surface area contributed by atoms with Gasteiger partial charge in [0.2, 0.25) is 0 Å². The predicted octanol–water partition coefficient (Wildman–Crippen LogP) is 6.98. The summed E-state index contributed by atoms with van der Waals surface area (Å²) in [7, 11) is 0. The maximum Gasteiger partial charge on any atom is 0.416 e. The molecule has 2 amide bonds. The van der Waals surface area contributed by atoms with Gasteiger partial charge in [0, 0.05) is 29.1 Å². The molecule has 0 spiro atoms. The highest BCUT2D eigenvalue weighted by Gasteiger charge is 2.30. The van der Waals surface area contributed by atoms with Gasteiger partial charge in [-0.15, -0.1) is 11.3 Å². The van der Waals surface area contributed by atoms with E-state index in [0.717, 1.165) is 34.2 Å². The maximum absolute atomic E-state index is 12.7. The van der Waals surface area contributed by atoms with Gasteiger partial charge in [0.1, 0.15) is 0 Å². The second-order valence-corrected chi connectivity index (χ2v) is 7.89. The summed E-state index contributed by atoms with van der Waals surface area (Å²) in [5.41, 5.74) is 2.52. The summed E-state index contributed by atoms with van der Waals surface area (Å²) in [5.74, 6) is 0. The predicted molar refractivity (Wildman–Crippen MR) is 123 cm³/mol. The van der Waals surface area contributed by atoms with Crippen molar-refractivity contribution in [2.24, 2.45) is 0 Å². The number of hydrogen-bond donors (Lipinski definition) is 2. The highest BCUT2D eigenvalue weighted by Crippen LogP contribution is 2.38. The van der Waals surface area contributed by atoms with Crippen LogP contribution in [0.5, 0.6) is 0 Å². The number of halogens is 3. The Morgan fingerprint density at radius 3 is 2.36 bits per heavy atom. The number of carbonyl (C=O) groups is 1. The lowest BCUT2D eigenvalue weighted by atomic mass is 10.1. The minimum atomic E-state index is -4.43. The minimum Gasteiger partial charge on any atom is -0.308 e. The Labute approximate surface area is 191 Å². The van der Waals surface area contributed by atoms with E-state index in [1.165, 1.54) is 23.5 Å². The molecule has 33 heavy (non-hydrogen) atoms. The number of amides is 2. The molecule has 10 heteroatoms. The van der Waals surface area contributed by atoms with Crippen molar-refractivity contribution >= 4 is 45.2 Å². The minimum absolute atomic E-state index is 0.243. The summed E-state index contributed by atoms with van der Waals surface area (Å²) < 4.78 is 38.2. The van der Waals surface area contributed by atoms with E-state index in [1.54, 1.807) is 30.7 Å². The molecule has 168 valence electrons. The monoisotopic (exact) mass is 469 g/mol. The van der Waals surface area contributed by atoms with Crippen LogP contribution >= 0.6 is 11.3 Å². The van der Waals surface area contributed by atoms with E-state index >= 15 is 0 Å². The summed E-state index contributed by atoms with van der Waals surface area (Å²) in [6, 6.07) is 12.8. The molecule has 2 heterocycles. The highest BCUT2D eigenvalue weighted by molar-refractivity contribution is 7.13. The Bertz CT molecular complexity index is 1230. The Kier molecular flexibility index (Phi) is 6.27. The van der Waals surface area contributed by atoms with E-state index in [1.807, 2.05) is 35.4 Å². The van der Waals surface area contributed by atoms with Crippen molar-refractivity contribution in [3.8, 4) is 0 Å². The Hall–Kier alpha value is -3.92. The fraction of sp³-hybridized carbons (Fsp3) is 0.0870. The molecule has 0 aliphatic rings.